The van der Waals surface area contributed by atoms with Crippen LogP contribution in [0, 0.1) is 11.3 Å². The van der Waals surface area contributed by atoms with Gasteiger partial charge >= 0.3 is 0 Å². The van der Waals surface area contributed by atoms with Crippen LogP contribution >= 0.6 is 11.8 Å². The van der Waals surface area contributed by atoms with Gasteiger partial charge in [-0.1, -0.05) is 18.2 Å². The van der Waals surface area contributed by atoms with Crippen molar-refractivity contribution in [2.45, 2.75) is 16.8 Å². The molecule has 3 rings (SSSR count). The van der Waals surface area contributed by atoms with Crippen LogP contribution in [-0.2, 0) is 15.3 Å². The first-order valence-electron chi connectivity index (χ1n) is 8.38. The number of pyridine rings is 1. The number of ether oxygens (including phenoxy) is 1. The number of nitrogens with one attached hydrogen (secondary N) is 1. The third-order valence-corrected chi connectivity index (χ3v) is 4.99. The standard InChI is InChI=1S/C19H20N4O2S/c20-11-17-13-25-9-8-23(17)12-18(24)22-16-5-3-4-15(10-16)14-26-19-6-1-2-7-21-19/h1-7,10,17H,8-9,12-14H2,(H,22,24). The monoisotopic (exact) mass is 368 g/mol. The van der Waals surface area contributed by atoms with E-state index in [1.54, 1.807) is 18.0 Å². The van der Waals surface area contributed by atoms with Crippen LogP contribution in [-0.4, -0.2) is 48.1 Å². The zero-order valence-electron chi connectivity index (χ0n) is 14.3. The molecule has 1 amide bonds. The van der Waals surface area contributed by atoms with E-state index >= 15 is 0 Å². The topological polar surface area (TPSA) is 78.2 Å². The van der Waals surface area contributed by atoms with Gasteiger partial charge in [0.05, 0.1) is 30.9 Å². The Morgan fingerprint density at radius 1 is 1.38 bits per heavy atom. The lowest BCUT2D eigenvalue weighted by Gasteiger charge is -2.30. The second-order valence-corrected chi connectivity index (χ2v) is 6.89. The lowest BCUT2D eigenvalue weighted by molar-refractivity contribution is -0.119. The summed E-state index contributed by atoms with van der Waals surface area (Å²) in [6.07, 6.45) is 1.78. The van der Waals surface area contributed by atoms with E-state index in [4.69, 9.17) is 10.00 Å². The molecular weight excluding hydrogens is 348 g/mol. The molecule has 6 nitrogen and oxygen atoms in total. The Bertz CT molecular complexity index is 779. The summed E-state index contributed by atoms with van der Waals surface area (Å²) >= 11 is 1.65. The first kappa shape index (κ1) is 18.4. The van der Waals surface area contributed by atoms with Crippen molar-refractivity contribution < 1.29 is 9.53 Å². The average molecular weight is 368 g/mol. The van der Waals surface area contributed by atoms with E-state index in [0.717, 1.165) is 22.0 Å². The number of hydrogen-bond acceptors (Lipinski definition) is 6. The van der Waals surface area contributed by atoms with Crippen LogP contribution in [0.3, 0.4) is 0 Å². The lowest BCUT2D eigenvalue weighted by atomic mass is 10.2. The molecule has 7 heteroatoms. The molecule has 26 heavy (non-hydrogen) atoms. The van der Waals surface area contributed by atoms with E-state index in [1.165, 1.54) is 0 Å². The molecule has 0 saturated carbocycles. The maximum absolute atomic E-state index is 12.3. The second-order valence-electron chi connectivity index (χ2n) is 5.90. The molecule has 1 aromatic heterocycles. The first-order chi connectivity index (χ1) is 12.7. The molecule has 1 aliphatic heterocycles. The Morgan fingerprint density at radius 2 is 2.31 bits per heavy atom. The molecule has 2 heterocycles. The number of anilines is 1. The van der Waals surface area contributed by atoms with Gasteiger partial charge in [0, 0.05) is 24.2 Å². The number of aromatic nitrogens is 1. The highest BCUT2D eigenvalue weighted by atomic mass is 32.2. The molecule has 0 aliphatic carbocycles. The summed E-state index contributed by atoms with van der Waals surface area (Å²) in [5, 5.41) is 13.0. The molecule has 0 radical (unpaired) electrons. The van der Waals surface area contributed by atoms with Crippen molar-refractivity contribution in [3.63, 3.8) is 0 Å². The van der Waals surface area contributed by atoms with Crippen molar-refractivity contribution in [2.24, 2.45) is 0 Å². The van der Waals surface area contributed by atoms with Crippen LogP contribution in [0.5, 0.6) is 0 Å². The molecular formula is C19H20N4O2S. The van der Waals surface area contributed by atoms with Gasteiger partial charge in [-0.3, -0.25) is 9.69 Å². The summed E-state index contributed by atoms with van der Waals surface area (Å²) in [6.45, 7) is 1.68. The fraction of sp³-hybridized carbons (Fsp3) is 0.316. The summed E-state index contributed by atoms with van der Waals surface area (Å²) in [4.78, 5) is 18.5. The molecule has 1 aromatic carbocycles. The highest BCUT2D eigenvalue weighted by Crippen LogP contribution is 2.22. The number of nitriles is 1. The van der Waals surface area contributed by atoms with Crippen LogP contribution in [0.4, 0.5) is 5.69 Å². The Kier molecular flexibility index (Phi) is 6.61. The van der Waals surface area contributed by atoms with Crippen molar-refractivity contribution in [3.8, 4) is 6.07 Å². The molecule has 134 valence electrons. The minimum absolute atomic E-state index is 0.123. The molecule has 0 spiro atoms. The zero-order valence-corrected chi connectivity index (χ0v) is 15.1. The molecule has 0 bridgehead atoms. The minimum atomic E-state index is -0.365. The van der Waals surface area contributed by atoms with E-state index in [9.17, 15) is 4.79 Å². The van der Waals surface area contributed by atoms with E-state index in [2.05, 4.69) is 16.4 Å². The normalized spacial score (nSPS) is 17.4. The Balaban J connectivity index is 1.54. The summed E-state index contributed by atoms with van der Waals surface area (Å²) in [6, 6.07) is 15.4. The molecule has 2 aromatic rings. The Labute approximate surface area is 157 Å². The largest absolute Gasteiger partial charge is 0.377 e. The smallest absolute Gasteiger partial charge is 0.238 e. The summed E-state index contributed by atoms with van der Waals surface area (Å²) < 4.78 is 5.28. The third-order valence-electron chi connectivity index (χ3n) is 3.97. The van der Waals surface area contributed by atoms with Crippen LogP contribution in [0.25, 0.3) is 0 Å². The fourth-order valence-electron chi connectivity index (χ4n) is 2.66. The first-order valence-corrected chi connectivity index (χ1v) is 9.37. The summed E-state index contributed by atoms with van der Waals surface area (Å²) in [5.41, 5.74) is 1.87. The zero-order chi connectivity index (χ0) is 18.2. The van der Waals surface area contributed by atoms with Crippen LogP contribution in [0.15, 0.2) is 53.7 Å². The van der Waals surface area contributed by atoms with E-state index in [0.29, 0.717) is 19.8 Å². The van der Waals surface area contributed by atoms with Gasteiger partial charge in [0.2, 0.25) is 5.91 Å². The number of morpholine rings is 1. The highest BCUT2D eigenvalue weighted by Gasteiger charge is 2.24. The predicted octanol–water partition coefficient (Wildman–Crippen LogP) is 2.54. The number of rotatable bonds is 6. The number of hydrogen-bond donors (Lipinski definition) is 1. The van der Waals surface area contributed by atoms with Gasteiger partial charge in [-0.15, -0.1) is 11.8 Å². The van der Waals surface area contributed by atoms with Gasteiger partial charge in [-0.25, -0.2) is 4.98 Å². The molecule has 1 unspecified atom stereocenters. The van der Waals surface area contributed by atoms with Gasteiger partial charge < -0.3 is 10.1 Å². The quantitative estimate of drug-likeness (QED) is 0.790. The van der Waals surface area contributed by atoms with Crippen LogP contribution in [0.2, 0.25) is 0 Å². The molecule has 1 saturated heterocycles. The fourth-order valence-corrected chi connectivity index (χ4v) is 3.46. The summed E-state index contributed by atoms with van der Waals surface area (Å²) in [7, 11) is 0. The van der Waals surface area contributed by atoms with E-state index in [-0.39, 0.29) is 18.5 Å². The van der Waals surface area contributed by atoms with Gasteiger partial charge in [0.15, 0.2) is 0 Å². The van der Waals surface area contributed by atoms with Crippen molar-refractivity contribution >= 4 is 23.4 Å². The molecule has 1 N–H and O–H groups in total. The van der Waals surface area contributed by atoms with E-state index in [1.807, 2.05) is 47.4 Å². The van der Waals surface area contributed by atoms with Gasteiger partial charge in [-0.2, -0.15) is 5.26 Å². The van der Waals surface area contributed by atoms with Gasteiger partial charge in [0.25, 0.3) is 0 Å². The Hall–Kier alpha value is -2.40. The van der Waals surface area contributed by atoms with Crippen molar-refractivity contribution in [1.82, 2.24) is 9.88 Å². The van der Waals surface area contributed by atoms with Gasteiger partial charge in [-0.05, 0) is 29.8 Å². The van der Waals surface area contributed by atoms with Crippen molar-refractivity contribution in [3.05, 3.63) is 54.2 Å². The minimum Gasteiger partial charge on any atom is -0.377 e. The van der Waals surface area contributed by atoms with Gasteiger partial charge in [0.1, 0.15) is 6.04 Å². The third kappa shape index (κ3) is 5.30. The SMILES string of the molecule is N#CC1COCCN1CC(=O)Nc1cccc(CSc2ccccn2)c1. The van der Waals surface area contributed by atoms with Crippen molar-refractivity contribution in [2.75, 3.05) is 31.6 Å². The maximum atomic E-state index is 12.3. The number of thioether (sulfide) groups is 1. The number of carbonyl (C=O) groups excluding carboxylic acids is 1. The van der Waals surface area contributed by atoms with Crippen LogP contribution in [0.1, 0.15) is 5.56 Å². The number of carbonyl (C=O) groups is 1. The number of benzene rings is 1. The Morgan fingerprint density at radius 3 is 3.12 bits per heavy atom. The second kappa shape index (κ2) is 9.34. The highest BCUT2D eigenvalue weighted by molar-refractivity contribution is 7.98. The molecule has 1 atom stereocenters. The summed E-state index contributed by atoms with van der Waals surface area (Å²) in [5.74, 6) is 0.655. The van der Waals surface area contributed by atoms with E-state index < -0.39 is 0 Å². The lowest BCUT2D eigenvalue weighted by Crippen LogP contribution is -2.47. The predicted molar refractivity (Wildman–Crippen MR) is 101 cm³/mol. The van der Waals surface area contributed by atoms with Crippen molar-refractivity contribution in [1.29, 1.82) is 5.26 Å². The number of nitrogens with zero attached hydrogens (tertiary/aromatic N) is 3. The molecule has 1 aliphatic rings. The number of amides is 1. The van der Waals surface area contributed by atoms with Crippen LogP contribution < -0.4 is 5.32 Å². The maximum Gasteiger partial charge on any atom is 0.238 e. The average Bonchev–Trinajstić information content (AvgIpc) is 2.68. The molecule has 1 fully saturated rings.